The van der Waals surface area contributed by atoms with Crippen molar-refractivity contribution in [1.29, 1.82) is 0 Å². The van der Waals surface area contributed by atoms with Crippen LogP contribution in [0.25, 0.3) is 0 Å². The third-order valence-corrected chi connectivity index (χ3v) is 4.48. The van der Waals surface area contributed by atoms with E-state index in [4.69, 9.17) is 21.1 Å². The van der Waals surface area contributed by atoms with E-state index in [0.29, 0.717) is 5.02 Å². The van der Waals surface area contributed by atoms with Crippen molar-refractivity contribution < 1.29 is 9.47 Å². The average Bonchev–Trinajstić information content (AvgIpc) is 3.02. The summed E-state index contributed by atoms with van der Waals surface area (Å²) >= 11 is 6.45. The number of fused-ring (bicyclic) bond motifs is 1. The summed E-state index contributed by atoms with van der Waals surface area (Å²) in [6.07, 6.45) is 2.92. The second kappa shape index (κ2) is 8.52. The Kier molecular flexibility index (Phi) is 6.13. The van der Waals surface area contributed by atoms with Crippen LogP contribution >= 0.6 is 11.6 Å². The summed E-state index contributed by atoms with van der Waals surface area (Å²) in [4.78, 5) is 9.03. The molecular formula is C19H24ClN3O2. The van der Waals surface area contributed by atoms with Crippen LogP contribution in [0, 0.1) is 0 Å². The van der Waals surface area contributed by atoms with Crippen molar-refractivity contribution >= 4 is 11.6 Å². The van der Waals surface area contributed by atoms with Gasteiger partial charge in [-0.3, -0.25) is 9.88 Å². The van der Waals surface area contributed by atoms with E-state index in [1.807, 2.05) is 30.5 Å². The molecule has 3 rings (SSSR count). The van der Waals surface area contributed by atoms with Crippen molar-refractivity contribution in [2.24, 2.45) is 0 Å². The highest BCUT2D eigenvalue weighted by Crippen LogP contribution is 2.37. The highest BCUT2D eigenvalue weighted by molar-refractivity contribution is 6.31. The Hall–Kier alpha value is -1.82. The van der Waals surface area contributed by atoms with Crippen molar-refractivity contribution in [1.82, 2.24) is 14.8 Å². The maximum atomic E-state index is 6.45. The molecule has 2 aromatic rings. The van der Waals surface area contributed by atoms with Gasteiger partial charge in [-0.25, -0.2) is 0 Å². The summed E-state index contributed by atoms with van der Waals surface area (Å²) in [5.74, 6) is 1.49. The number of hydrogen-bond donors (Lipinski definition) is 0. The third-order valence-electron chi connectivity index (χ3n) is 4.13. The van der Waals surface area contributed by atoms with Gasteiger partial charge in [-0.05, 0) is 50.8 Å². The second-order valence-corrected chi connectivity index (χ2v) is 6.89. The smallest absolute Gasteiger partial charge is 0.231 e. The van der Waals surface area contributed by atoms with Gasteiger partial charge in [-0.2, -0.15) is 0 Å². The highest BCUT2D eigenvalue weighted by atomic mass is 35.5. The molecular weight excluding hydrogens is 338 g/mol. The number of nitrogens with zero attached hydrogens (tertiary/aromatic N) is 3. The van der Waals surface area contributed by atoms with Gasteiger partial charge in [0.25, 0.3) is 0 Å². The lowest BCUT2D eigenvalue weighted by molar-refractivity contribution is 0.174. The van der Waals surface area contributed by atoms with Crippen molar-refractivity contribution in [2.45, 2.75) is 19.5 Å². The van der Waals surface area contributed by atoms with Crippen LogP contribution in [-0.4, -0.2) is 48.8 Å². The molecule has 2 heterocycles. The molecule has 0 N–H and O–H groups in total. The molecule has 0 amide bonds. The van der Waals surface area contributed by atoms with Gasteiger partial charge in [0.2, 0.25) is 6.79 Å². The lowest BCUT2D eigenvalue weighted by atomic mass is 10.1. The minimum Gasteiger partial charge on any atom is -0.454 e. The van der Waals surface area contributed by atoms with E-state index in [-0.39, 0.29) is 6.79 Å². The molecule has 0 saturated carbocycles. The predicted molar refractivity (Wildman–Crippen MR) is 99.1 cm³/mol. The van der Waals surface area contributed by atoms with E-state index in [2.05, 4.69) is 34.9 Å². The van der Waals surface area contributed by atoms with Gasteiger partial charge in [0.05, 0.1) is 5.69 Å². The predicted octanol–water partition coefficient (Wildman–Crippen LogP) is 3.42. The Morgan fingerprint density at radius 3 is 2.60 bits per heavy atom. The van der Waals surface area contributed by atoms with Crippen LogP contribution in [0.3, 0.4) is 0 Å². The Balaban J connectivity index is 1.72. The number of hydrogen-bond acceptors (Lipinski definition) is 5. The Morgan fingerprint density at radius 1 is 1.08 bits per heavy atom. The van der Waals surface area contributed by atoms with Gasteiger partial charge in [0.15, 0.2) is 11.5 Å². The molecule has 0 spiro atoms. The summed E-state index contributed by atoms with van der Waals surface area (Å²) in [6, 6.07) is 9.85. The minimum absolute atomic E-state index is 0.260. The summed E-state index contributed by atoms with van der Waals surface area (Å²) in [5.41, 5.74) is 2.11. The molecule has 0 radical (unpaired) electrons. The van der Waals surface area contributed by atoms with E-state index in [9.17, 15) is 0 Å². The van der Waals surface area contributed by atoms with Gasteiger partial charge in [-0.1, -0.05) is 17.7 Å². The summed E-state index contributed by atoms with van der Waals surface area (Å²) in [6.45, 7) is 3.82. The van der Waals surface area contributed by atoms with Crippen molar-refractivity contribution in [3.05, 3.63) is 52.8 Å². The van der Waals surface area contributed by atoms with Gasteiger partial charge >= 0.3 is 0 Å². The van der Waals surface area contributed by atoms with E-state index < -0.39 is 0 Å². The number of benzene rings is 1. The minimum atomic E-state index is 0.260. The van der Waals surface area contributed by atoms with Crippen molar-refractivity contribution in [3.63, 3.8) is 0 Å². The van der Waals surface area contributed by atoms with Gasteiger partial charge in [0.1, 0.15) is 0 Å². The first kappa shape index (κ1) is 18.0. The molecule has 25 heavy (non-hydrogen) atoms. The summed E-state index contributed by atoms with van der Waals surface area (Å²) < 4.78 is 10.9. The Bertz CT molecular complexity index is 695. The van der Waals surface area contributed by atoms with E-state index >= 15 is 0 Å². The molecule has 0 fully saturated rings. The molecule has 1 aliphatic rings. The molecule has 0 bridgehead atoms. The van der Waals surface area contributed by atoms with Gasteiger partial charge in [-0.15, -0.1) is 0 Å². The van der Waals surface area contributed by atoms with Crippen LogP contribution in [0.5, 0.6) is 11.5 Å². The van der Waals surface area contributed by atoms with Crippen LogP contribution in [-0.2, 0) is 13.1 Å². The maximum Gasteiger partial charge on any atom is 0.231 e. The number of rotatable bonds is 8. The standard InChI is InChI=1S/C19H24ClN3O2/c1-22(2)8-5-9-23(13-16-6-3-4-7-21-16)12-15-10-18-19(11-17(15)20)25-14-24-18/h3-4,6-7,10-11H,5,8-9,12-14H2,1-2H3. The normalized spacial score (nSPS) is 13.0. The van der Waals surface area contributed by atoms with E-state index in [1.165, 1.54) is 0 Å². The molecule has 0 unspecified atom stereocenters. The number of aromatic nitrogens is 1. The third kappa shape index (κ3) is 5.08. The second-order valence-electron chi connectivity index (χ2n) is 6.49. The number of halogens is 1. The van der Waals surface area contributed by atoms with E-state index in [1.54, 1.807) is 0 Å². The quantitative estimate of drug-likeness (QED) is 0.720. The zero-order valence-electron chi connectivity index (χ0n) is 14.7. The fourth-order valence-corrected chi connectivity index (χ4v) is 3.08. The molecule has 0 atom stereocenters. The maximum absolute atomic E-state index is 6.45. The summed E-state index contributed by atoms with van der Waals surface area (Å²) in [5, 5.41) is 0.711. The van der Waals surface area contributed by atoms with Crippen molar-refractivity contribution in [2.75, 3.05) is 34.0 Å². The zero-order valence-corrected chi connectivity index (χ0v) is 15.5. The lowest BCUT2D eigenvalue weighted by Crippen LogP contribution is -2.27. The SMILES string of the molecule is CN(C)CCCN(Cc1ccccn1)Cc1cc2c(cc1Cl)OCO2. The average molecular weight is 362 g/mol. The number of pyridine rings is 1. The Labute approximate surface area is 154 Å². The molecule has 1 aliphatic heterocycles. The fourth-order valence-electron chi connectivity index (χ4n) is 2.87. The van der Waals surface area contributed by atoms with Crippen LogP contribution in [0.4, 0.5) is 0 Å². The monoisotopic (exact) mass is 361 g/mol. The summed E-state index contributed by atoms with van der Waals surface area (Å²) in [7, 11) is 4.19. The molecule has 0 saturated heterocycles. The molecule has 1 aromatic carbocycles. The first-order chi connectivity index (χ1) is 12.1. The molecule has 134 valence electrons. The van der Waals surface area contributed by atoms with Crippen LogP contribution in [0.1, 0.15) is 17.7 Å². The first-order valence-electron chi connectivity index (χ1n) is 8.47. The van der Waals surface area contributed by atoms with Crippen molar-refractivity contribution in [3.8, 4) is 11.5 Å². The topological polar surface area (TPSA) is 37.8 Å². The van der Waals surface area contributed by atoms with Gasteiger partial charge < -0.3 is 14.4 Å². The Morgan fingerprint density at radius 2 is 1.88 bits per heavy atom. The molecule has 5 nitrogen and oxygen atoms in total. The highest BCUT2D eigenvalue weighted by Gasteiger charge is 2.18. The van der Waals surface area contributed by atoms with Crippen LogP contribution in [0.15, 0.2) is 36.5 Å². The number of ether oxygens (including phenoxy) is 2. The van der Waals surface area contributed by atoms with Crippen LogP contribution < -0.4 is 9.47 Å². The molecule has 1 aromatic heterocycles. The molecule has 6 heteroatoms. The van der Waals surface area contributed by atoms with E-state index in [0.717, 1.165) is 55.4 Å². The lowest BCUT2D eigenvalue weighted by Gasteiger charge is -2.23. The first-order valence-corrected chi connectivity index (χ1v) is 8.84. The van der Waals surface area contributed by atoms with Crippen LogP contribution in [0.2, 0.25) is 5.02 Å². The van der Waals surface area contributed by atoms with Gasteiger partial charge in [0, 0.05) is 36.9 Å². The molecule has 0 aliphatic carbocycles. The fraction of sp³-hybridized carbons (Fsp3) is 0.421. The zero-order chi connectivity index (χ0) is 17.6. The largest absolute Gasteiger partial charge is 0.454 e.